The zero-order valence-corrected chi connectivity index (χ0v) is 14.8. The van der Waals surface area contributed by atoms with Crippen LogP contribution in [0.25, 0.3) is 28.2 Å². The monoisotopic (exact) mass is 377 g/mol. The minimum absolute atomic E-state index is 0.268. The molecule has 27 heavy (non-hydrogen) atoms. The maximum Gasteiger partial charge on any atom is 0.290 e. The van der Waals surface area contributed by atoms with E-state index < -0.39 is 11.1 Å². The van der Waals surface area contributed by atoms with E-state index in [2.05, 4.69) is 16.4 Å². The highest BCUT2D eigenvalue weighted by Gasteiger charge is 2.25. The quantitative estimate of drug-likeness (QED) is 0.694. The number of imide groups is 1. The van der Waals surface area contributed by atoms with Crippen LogP contribution in [0, 0.1) is 11.3 Å². The number of nitriles is 1. The number of nitrogens with zero attached hydrogens (tertiary/aromatic N) is 2. The molecule has 2 aromatic heterocycles. The number of methoxy groups -OCH3 is 1. The molecular formula is C19H11N3O4S. The van der Waals surface area contributed by atoms with Gasteiger partial charge in [-0.2, -0.15) is 5.26 Å². The molecule has 1 aromatic carbocycles. The van der Waals surface area contributed by atoms with Crippen LogP contribution in [-0.4, -0.2) is 23.2 Å². The number of pyridine rings is 1. The summed E-state index contributed by atoms with van der Waals surface area (Å²) in [5.74, 6) is 0.471. The Morgan fingerprint density at radius 2 is 2.15 bits per heavy atom. The lowest BCUT2D eigenvalue weighted by molar-refractivity contribution is -0.115. The van der Waals surface area contributed by atoms with E-state index in [0.717, 1.165) is 22.7 Å². The summed E-state index contributed by atoms with van der Waals surface area (Å²) < 4.78 is 11.1. The maximum absolute atomic E-state index is 11.7. The Hall–Kier alpha value is -3.57. The first-order chi connectivity index (χ1) is 13.1. The van der Waals surface area contributed by atoms with Crippen molar-refractivity contribution in [2.75, 3.05) is 7.11 Å². The van der Waals surface area contributed by atoms with Crippen LogP contribution in [0.5, 0.6) is 5.75 Å². The Kier molecular flexibility index (Phi) is 4.14. The molecule has 0 spiro atoms. The summed E-state index contributed by atoms with van der Waals surface area (Å²) in [6.07, 6.45) is 4.81. The summed E-state index contributed by atoms with van der Waals surface area (Å²) in [5.41, 5.74) is 2.43. The van der Waals surface area contributed by atoms with Gasteiger partial charge in [-0.05, 0) is 35.5 Å². The van der Waals surface area contributed by atoms with Crippen molar-refractivity contribution in [2.45, 2.75) is 0 Å². The summed E-state index contributed by atoms with van der Waals surface area (Å²) in [6, 6.07) is 9.07. The van der Waals surface area contributed by atoms with E-state index in [1.54, 1.807) is 30.6 Å². The number of aromatic nitrogens is 1. The van der Waals surface area contributed by atoms with Crippen LogP contribution >= 0.6 is 11.8 Å². The second kappa shape index (κ2) is 6.63. The van der Waals surface area contributed by atoms with Crippen molar-refractivity contribution in [1.82, 2.24) is 10.3 Å². The molecule has 0 saturated carbocycles. The Labute approximate surface area is 157 Å². The third-order valence-corrected chi connectivity index (χ3v) is 4.80. The molecule has 1 saturated heterocycles. The number of carbonyl (C=O) groups excluding carboxylic acids is 2. The van der Waals surface area contributed by atoms with Crippen molar-refractivity contribution < 1.29 is 18.7 Å². The smallest absolute Gasteiger partial charge is 0.290 e. The van der Waals surface area contributed by atoms with Crippen LogP contribution in [0.3, 0.4) is 0 Å². The summed E-state index contributed by atoms with van der Waals surface area (Å²) in [6.45, 7) is 0. The van der Waals surface area contributed by atoms with Crippen molar-refractivity contribution in [1.29, 1.82) is 5.26 Å². The third-order valence-electron chi connectivity index (χ3n) is 3.99. The molecule has 1 aliphatic rings. The van der Waals surface area contributed by atoms with Crippen molar-refractivity contribution in [3.63, 3.8) is 0 Å². The number of hydrogen-bond acceptors (Lipinski definition) is 7. The summed E-state index contributed by atoms with van der Waals surface area (Å²) in [5, 5.41) is 11.8. The average Bonchev–Trinajstić information content (AvgIpc) is 3.22. The molecule has 2 amide bonds. The van der Waals surface area contributed by atoms with Gasteiger partial charge in [0.25, 0.3) is 11.1 Å². The molecule has 3 heterocycles. The van der Waals surface area contributed by atoms with Gasteiger partial charge in [-0.3, -0.25) is 19.9 Å². The SMILES string of the molecule is COc1ccc(-c2cncc3cc(/C=C4\SC(=O)NC4=O)oc23)cc1C#N. The Bertz CT molecular complexity index is 1170. The molecule has 0 atom stereocenters. The summed E-state index contributed by atoms with van der Waals surface area (Å²) in [7, 11) is 1.51. The molecule has 0 radical (unpaired) electrons. The van der Waals surface area contributed by atoms with Crippen molar-refractivity contribution in [3.05, 3.63) is 52.9 Å². The number of carbonyl (C=O) groups is 2. The largest absolute Gasteiger partial charge is 0.495 e. The van der Waals surface area contributed by atoms with Gasteiger partial charge in [-0.25, -0.2) is 0 Å². The second-order valence-electron chi connectivity index (χ2n) is 5.63. The highest BCUT2D eigenvalue weighted by Crippen LogP contribution is 2.34. The fraction of sp³-hybridized carbons (Fsp3) is 0.0526. The Morgan fingerprint density at radius 1 is 1.30 bits per heavy atom. The van der Waals surface area contributed by atoms with Gasteiger partial charge in [0, 0.05) is 29.4 Å². The van der Waals surface area contributed by atoms with Crippen LogP contribution in [0.4, 0.5) is 4.79 Å². The Balaban J connectivity index is 1.81. The first-order valence-corrected chi connectivity index (χ1v) is 8.61. The fourth-order valence-electron chi connectivity index (χ4n) is 2.77. The van der Waals surface area contributed by atoms with Gasteiger partial charge in [-0.15, -0.1) is 0 Å². The van der Waals surface area contributed by atoms with Crippen LogP contribution in [0.1, 0.15) is 11.3 Å². The predicted octanol–water partition coefficient (Wildman–Crippen LogP) is 3.70. The van der Waals surface area contributed by atoms with Crippen LogP contribution < -0.4 is 10.1 Å². The number of benzene rings is 1. The van der Waals surface area contributed by atoms with E-state index in [9.17, 15) is 14.9 Å². The highest BCUT2D eigenvalue weighted by molar-refractivity contribution is 8.18. The van der Waals surface area contributed by atoms with Crippen LogP contribution in [0.2, 0.25) is 0 Å². The lowest BCUT2D eigenvalue weighted by Crippen LogP contribution is -2.17. The number of hydrogen-bond donors (Lipinski definition) is 1. The van der Waals surface area contributed by atoms with Gasteiger partial charge >= 0.3 is 0 Å². The van der Waals surface area contributed by atoms with Crippen LogP contribution in [0.15, 0.2) is 46.0 Å². The Morgan fingerprint density at radius 3 is 2.85 bits per heavy atom. The number of furan rings is 1. The normalized spacial score (nSPS) is 15.2. The number of fused-ring (bicyclic) bond motifs is 1. The fourth-order valence-corrected chi connectivity index (χ4v) is 3.43. The standard InChI is InChI=1S/C19H11N3O4S/c1-25-15-3-2-10(4-11(15)7-20)14-9-21-8-12-5-13(26-17(12)14)6-16-18(23)22-19(24)27-16/h2-6,8-9H,1H3,(H,22,23,24)/b16-6-. The minimum Gasteiger partial charge on any atom is -0.495 e. The molecular weight excluding hydrogens is 366 g/mol. The molecule has 3 aromatic rings. The molecule has 1 N–H and O–H groups in total. The van der Waals surface area contributed by atoms with Gasteiger partial charge in [0.2, 0.25) is 0 Å². The van der Waals surface area contributed by atoms with E-state index in [-0.39, 0.29) is 4.91 Å². The number of ether oxygens (including phenoxy) is 1. The topological polar surface area (TPSA) is 105 Å². The van der Waals surface area contributed by atoms with E-state index in [4.69, 9.17) is 9.15 Å². The van der Waals surface area contributed by atoms with E-state index in [0.29, 0.717) is 28.2 Å². The second-order valence-corrected chi connectivity index (χ2v) is 6.65. The number of rotatable bonds is 3. The van der Waals surface area contributed by atoms with E-state index >= 15 is 0 Å². The molecule has 132 valence electrons. The predicted molar refractivity (Wildman–Crippen MR) is 99.8 cm³/mol. The third kappa shape index (κ3) is 3.05. The minimum atomic E-state index is -0.447. The molecule has 1 fully saturated rings. The van der Waals surface area contributed by atoms with Crippen molar-refractivity contribution in [2.24, 2.45) is 0 Å². The summed E-state index contributed by atoms with van der Waals surface area (Å²) in [4.78, 5) is 27.5. The zero-order chi connectivity index (χ0) is 19.0. The van der Waals surface area contributed by atoms with Gasteiger partial charge in [0.15, 0.2) is 0 Å². The van der Waals surface area contributed by atoms with Crippen LogP contribution in [-0.2, 0) is 4.79 Å². The van der Waals surface area contributed by atoms with Gasteiger partial charge in [0.1, 0.15) is 23.2 Å². The maximum atomic E-state index is 11.7. The van der Waals surface area contributed by atoms with E-state index in [1.165, 1.54) is 13.2 Å². The first-order valence-electron chi connectivity index (χ1n) is 7.80. The van der Waals surface area contributed by atoms with E-state index in [1.807, 2.05) is 6.07 Å². The zero-order valence-electron chi connectivity index (χ0n) is 14.0. The van der Waals surface area contributed by atoms with Crippen molar-refractivity contribution in [3.8, 4) is 22.9 Å². The van der Waals surface area contributed by atoms with Crippen molar-refractivity contribution >= 4 is 40.0 Å². The van der Waals surface area contributed by atoms with Gasteiger partial charge in [0.05, 0.1) is 17.6 Å². The number of amides is 2. The van der Waals surface area contributed by atoms with Gasteiger partial charge in [-0.1, -0.05) is 6.07 Å². The molecule has 0 aliphatic carbocycles. The molecule has 0 bridgehead atoms. The number of thioether (sulfide) groups is 1. The first kappa shape index (κ1) is 16.9. The highest BCUT2D eigenvalue weighted by atomic mass is 32.2. The molecule has 0 unspecified atom stereocenters. The lowest BCUT2D eigenvalue weighted by atomic mass is 10.0. The molecule has 4 rings (SSSR count). The molecule has 8 heteroatoms. The summed E-state index contributed by atoms with van der Waals surface area (Å²) >= 11 is 0.824. The lowest BCUT2D eigenvalue weighted by Gasteiger charge is -2.06. The average molecular weight is 377 g/mol. The molecule has 1 aliphatic heterocycles. The number of nitrogens with one attached hydrogen (secondary N) is 1. The van der Waals surface area contributed by atoms with Gasteiger partial charge < -0.3 is 9.15 Å². The molecule has 7 nitrogen and oxygen atoms in total.